The first-order chi connectivity index (χ1) is 11.0. The Labute approximate surface area is 131 Å². The van der Waals surface area contributed by atoms with Gasteiger partial charge in [-0.3, -0.25) is 14.4 Å². The summed E-state index contributed by atoms with van der Waals surface area (Å²) in [4.78, 5) is 39.1. The van der Waals surface area contributed by atoms with E-state index in [0.29, 0.717) is 26.2 Å². The highest BCUT2D eigenvalue weighted by Gasteiger charge is 2.25. The molecule has 0 saturated carbocycles. The lowest BCUT2D eigenvalue weighted by Crippen LogP contribution is -2.50. The van der Waals surface area contributed by atoms with Gasteiger partial charge in [-0.25, -0.2) is 0 Å². The van der Waals surface area contributed by atoms with Gasteiger partial charge in [-0.1, -0.05) is 6.07 Å². The molecular formula is C16H16N2O5. The number of phenols is 1. The zero-order valence-corrected chi connectivity index (χ0v) is 12.6. The Balaban J connectivity index is 1.88. The van der Waals surface area contributed by atoms with E-state index in [-0.39, 0.29) is 28.4 Å². The van der Waals surface area contributed by atoms with Crippen LogP contribution in [-0.2, 0) is 4.79 Å². The lowest BCUT2D eigenvalue weighted by Gasteiger charge is -2.33. The molecular weight excluding hydrogens is 300 g/mol. The van der Waals surface area contributed by atoms with E-state index in [1.54, 1.807) is 15.9 Å². The Bertz CT molecular complexity index is 834. The fourth-order valence-corrected chi connectivity index (χ4v) is 2.68. The van der Waals surface area contributed by atoms with E-state index in [1.165, 1.54) is 19.1 Å². The highest BCUT2D eigenvalue weighted by atomic mass is 16.3. The quantitative estimate of drug-likeness (QED) is 0.840. The van der Waals surface area contributed by atoms with Gasteiger partial charge in [-0.05, 0) is 12.1 Å². The molecule has 7 nitrogen and oxygen atoms in total. The van der Waals surface area contributed by atoms with Crippen molar-refractivity contribution in [2.24, 2.45) is 0 Å². The summed E-state index contributed by atoms with van der Waals surface area (Å²) in [6.07, 6.45) is 0. The average Bonchev–Trinajstić information content (AvgIpc) is 2.54. The van der Waals surface area contributed by atoms with Crippen LogP contribution in [0.5, 0.6) is 5.75 Å². The molecule has 2 aromatic rings. The van der Waals surface area contributed by atoms with Crippen molar-refractivity contribution in [3.63, 3.8) is 0 Å². The molecule has 3 rings (SSSR count). The number of rotatable bonds is 1. The summed E-state index contributed by atoms with van der Waals surface area (Å²) in [5, 5.41) is 9.78. The first-order valence-corrected chi connectivity index (χ1v) is 7.28. The summed E-state index contributed by atoms with van der Waals surface area (Å²) in [6.45, 7) is 3.19. The normalized spacial score (nSPS) is 15.0. The minimum absolute atomic E-state index is 0.0233. The third-order valence-electron chi connectivity index (χ3n) is 3.96. The average molecular weight is 316 g/mol. The number of hydrogen-bond donors (Lipinski definition) is 1. The van der Waals surface area contributed by atoms with E-state index in [0.717, 1.165) is 6.07 Å². The summed E-state index contributed by atoms with van der Waals surface area (Å²) < 4.78 is 5.48. The van der Waals surface area contributed by atoms with Crippen molar-refractivity contribution in [1.29, 1.82) is 0 Å². The predicted molar refractivity (Wildman–Crippen MR) is 82.3 cm³/mol. The van der Waals surface area contributed by atoms with Gasteiger partial charge in [0.1, 0.15) is 16.7 Å². The summed E-state index contributed by atoms with van der Waals surface area (Å²) in [6, 6.07) is 5.56. The zero-order valence-electron chi connectivity index (χ0n) is 12.6. The van der Waals surface area contributed by atoms with Crippen molar-refractivity contribution in [2.45, 2.75) is 6.92 Å². The Morgan fingerprint density at radius 3 is 2.43 bits per heavy atom. The Morgan fingerprint density at radius 1 is 1.13 bits per heavy atom. The molecule has 7 heteroatoms. The topological polar surface area (TPSA) is 91.1 Å². The summed E-state index contributed by atoms with van der Waals surface area (Å²) >= 11 is 0. The van der Waals surface area contributed by atoms with E-state index < -0.39 is 11.3 Å². The Kier molecular flexibility index (Phi) is 3.77. The molecule has 1 saturated heterocycles. The molecule has 0 aliphatic carbocycles. The van der Waals surface area contributed by atoms with Gasteiger partial charge in [0.25, 0.3) is 5.91 Å². The molecule has 1 N–H and O–H groups in total. The van der Waals surface area contributed by atoms with E-state index in [2.05, 4.69) is 0 Å². The minimum Gasteiger partial charge on any atom is -0.507 e. The van der Waals surface area contributed by atoms with Crippen molar-refractivity contribution in [2.75, 3.05) is 26.2 Å². The molecule has 23 heavy (non-hydrogen) atoms. The molecule has 0 radical (unpaired) electrons. The first-order valence-electron chi connectivity index (χ1n) is 7.28. The molecule has 2 amide bonds. The molecule has 1 fully saturated rings. The van der Waals surface area contributed by atoms with Gasteiger partial charge in [0.05, 0.1) is 0 Å². The third kappa shape index (κ3) is 2.77. The second-order valence-corrected chi connectivity index (χ2v) is 5.42. The zero-order chi connectivity index (χ0) is 16.6. The fourth-order valence-electron chi connectivity index (χ4n) is 2.68. The maximum atomic E-state index is 12.5. The second-order valence-electron chi connectivity index (χ2n) is 5.42. The molecule has 0 spiro atoms. The van der Waals surface area contributed by atoms with Gasteiger partial charge in [0, 0.05) is 39.2 Å². The number of piperazine rings is 1. The highest BCUT2D eigenvalue weighted by molar-refractivity contribution is 5.94. The molecule has 2 heterocycles. The van der Waals surface area contributed by atoms with Crippen LogP contribution in [0.4, 0.5) is 0 Å². The lowest BCUT2D eigenvalue weighted by atomic mass is 10.2. The van der Waals surface area contributed by atoms with Crippen LogP contribution in [0.25, 0.3) is 11.0 Å². The number of benzene rings is 1. The first kappa shape index (κ1) is 15.1. The van der Waals surface area contributed by atoms with E-state index in [1.807, 2.05) is 0 Å². The minimum atomic E-state index is -0.463. The summed E-state index contributed by atoms with van der Waals surface area (Å²) in [5.41, 5.74) is -0.293. The van der Waals surface area contributed by atoms with Gasteiger partial charge >= 0.3 is 0 Å². The maximum absolute atomic E-state index is 12.5. The number of amides is 2. The SMILES string of the molecule is CC(=O)N1CCN(C(=O)c2cc(=O)c3c(O)cccc3o2)CC1. The van der Waals surface area contributed by atoms with Crippen molar-refractivity contribution in [3.05, 3.63) is 40.2 Å². The Morgan fingerprint density at radius 2 is 1.78 bits per heavy atom. The van der Waals surface area contributed by atoms with Gasteiger partial charge in [0.15, 0.2) is 11.2 Å². The molecule has 1 aromatic carbocycles. The summed E-state index contributed by atoms with van der Waals surface area (Å²) in [5.74, 6) is -0.657. The maximum Gasteiger partial charge on any atom is 0.289 e. The van der Waals surface area contributed by atoms with Crippen LogP contribution in [0.3, 0.4) is 0 Å². The van der Waals surface area contributed by atoms with E-state index >= 15 is 0 Å². The van der Waals surface area contributed by atoms with Crippen LogP contribution in [0.15, 0.2) is 33.5 Å². The van der Waals surface area contributed by atoms with Crippen LogP contribution in [0.1, 0.15) is 17.5 Å². The van der Waals surface area contributed by atoms with Crippen LogP contribution in [-0.4, -0.2) is 52.9 Å². The highest BCUT2D eigenvalue weighted by Crippen LogP contribution is 2.22. The van der Waals surface area contributed by atoms with Gasteiger partial charge in [-0.2, -0.15) is 0 Å². The molecule has 1 aliphatic heterocycles. The van der Waals surface area contributed by atoms with Crippen LogP contribution < -0.4 is 5.43 Å². The third-order valence-corrected chi connectivity index (χ3v) is 3.96. The molecule has 120 valence electrons. The number of aromatic hydroxyl groups is 1. The van der Waals surface area contributed by atoms with Gasteiger partial charge < -0.3 is 19.3 Å². The van der Waals surface area contributed by atoms with Crippen LogP contribution >= 0.6 is 0 Å². The molecule has 1 aromatic heterocycles. The lowest BCUT2D eigenvalue weighted by molar-refractivity contribution is -0.130. The fraction of sp³-hybridized carbons (Fsp3) is 0.312. The Hall–Kier alpha value is -2.83. The smallest absolute Gasteiger partial charge is 0.289 e. The monoisotopic (exact) mass is 316 g/mol. The van der Waals surface area contributed by atoms with Gasteiger partial charge in [0.2, 0.25) is 5.91 Å². The second kappa shape index (κ2) is 5.75. The number of fused-ring (bicyclic) bond motifs is 1. The largest absolute Gasteiger partial charge is 0.507 e. The van der Waals surface area contributed by atoms with Crippen molar-refractivity contribution in [3.8, 4) is 5.75 Å². The van der Waals surface area contributed by atoms with Crippen molar-refractivity contribution >= 4 is 22.8 Å². The van der Waals surface area contributed by atoms with Gasteiger partial charge in [-0.15, -0.1) is 0 Å². The number of phenolic OH excluding ortho intramolecular Hbond substituents is 1. The van der Waals surface area contributed by atoms with Crippen molar-refractivity contribution in [1.82, 2.24) is 9.80 Å². The number of nitrogens with zero attached hydrogens (tertiary/aromatic N) is 2. The molecule has 0 atom stereocenters. The standard InChI is InChI=1S/C16H16N2O5/c1-10(19)17-5-7-18(8-6-17)16(22)14-9-12(21)15-11(20)3-2-4-13(15)23-14/h2-4,9,20H,5-8H2,1H3. The molecule has 0 unspecified atom stereocenters. The number of hydrogen-bond acceptors (Lipinski definition) is 5. The van der Waals surface area contributed by atoms with E-state index in [9.17, 15) is 19.5 Å². The number of carbonyl (C=O) groups excluding carboxylic acids is 2. The molecule has 0 bridgehead atoms. The van der Waals surface area contributed by atoms with Crippen LogP contribution in [0.2, 0.25) is 0 Å². The van der Waals surface area contributed by atoms with E-state index in [4.69, 9.17) is 4.42 Å². The van der Waals surface area contributed by atoms with Crippen molar-refractivity contribution < 1.29 is 19.1 Å². The number of carbonyl (C=O) groups is 2. The summed E-state index contributed by atoms with van der Waals surface area (Å²) in [7, 11) is 0. The van der Waals surface area contributed by atoms with Crippen LogP contribution in [0, 0.1) is 0 Å². The predicted octanol–water partition coefficient (Wildman–Crippen LogP) is 0.803. The molecule has 1 aliphatic rings.